The molecular weight excluding hydrogens is 597 g/mol. The number of carbonyl (C=O) groups excluding carboxylic acids is 3. The molecule has 1 aromatic heterocycles. The molecule has 0 saturated carbocycles. The predicted molar refractivity (Wildman–Crippen MR) is 156 cm³/mol. The number of amides is 1. The van der Waals surface area contributed by atoms with Crippen LogP contribution in [-0.4, -0.2) is 53.3 Å². The molecule has 0 spiro atoms. The lowest BCUT2D eigenvalue weighted by Crippen LogP contribution is -2.29. The monoisotopic (exact) mass is 619 g/mol. The number of hydrogen-bond donors (Lipinski definition) is 1. The molecular formula is C30H22FN3O7S2. The summed E-state index contributed by atoms with van der Waals surface area (Å²) in [6, 6.07) is 15.9. The number of hydrogen-bond acceptors (Lipinski definition) is 11. The van der Waals surface area contributed by atoms with E-state index in [2.05, 4.69) is 10.2 Å². The fourth-order valence-electron chi connectivity index (χ4n) is 4.69. The lowest BCUT2D eigenvalue weighted by molar-refractivity contribution is -0.132. The number of anilines is 1. The van der Waals surface area contributed by atoms with Crippen LogP contribution < -0.4 is 14.4 Å². The summed E-state index contributed by atoms with van der Waals surface area (Å²) in [5.74, 6) is -1.72. The Balaban J connectivity index is 1.39. The van der Waals surface area contributed by atoms with E-state index >= 15 is 0 Å². The van der Waals surface area contributed by atoms with Gasteiger partial charge in [-0.3, -0.25) is 14.5 Å². The number of methoxy groups -OCH3 is 1. The van der Waals surface area contributed by atoms with Crippen molar-refractivity contribution in [3.05, 3.63) is 100 Å². The maximum Gasteiger partial charge on any atom is 0.337 e. The lowest BCUT2D eigenvalue weighted by atomic mass is 9.94. The first-order chi connectivity index (χ1) is 20.8. The quantitative estimate of drug-likeness (QED) is 0.0741. The highest BCUT2D eigenvalue weighted by Gasteiger charge is 2.48. The van der Waals surface area contributed by atoms with E-state index in [0.717, 1.165) is 16.9 Å². The molecule has 1 atom stereocenters. The average Bonchev–Trinajstić information content (AvgIpc) is 3.61. The third-order valence-electron chi connectivity index (χ3n) is 6.79. The van der Waals surface area contributed by atoms with E-state index in [4.69, 9.17) is 14.2 Å². The van der Waals surface area contributed by atoms with E-state index in [1.54, 1.807) is 42.5 Å². The van der Waals surface area contributed by atoms with E-state index in [1.807, 2.05) is 0 Å². The van der Waals surface area contributed by atoms with Gasteiger partial charge in [-0.2, -0.15) is 0 Å². The standard InChI is InChI=1S/C30H22FN3O7S2/c1-39-28(38)18-6-4-17(5-7-18)24-23(25(35)19-8-11-21-22(14-19)41-13-12-40-21)26(36)27(37)34(24)29-32-33-30(43-29)42-15-16-2-9-20(31)10-3-16/h2-11,14,24,35H,12-13,15H2,1H3/b25-23+/t24-/m0/s1. The number of aliphatic hydroxyl groups excluding tert-OH is 1. The second kappa shape index (κ2) is 11.9. The van der Waals surface area contributed by atoms with Gasteiger partial charge in [0.1, 0.15) is 24.8 Å². The molecule has 10 nitrogen and oxygen atoms in total. The van der Waals surface area contributed by atoms with Gasteiger partial charge < -0.3 is 19.3 Å². The molecule has 4 aromatic rings. The molecule has 0 aliphatic carbocycles. The fourth-order valence-corrected chi connectivity index (χ4v) is 6.52. The summed E-state index contributed by atoms with van der Waals surface area (Å²) in [6.07, 6.45) is 0. The van der Waals surface area contributed by atoms with Gasteiger partial charge >= 0.3 is 11.9 Å². The number of ketones is 1. The first-order valence-corrected chi connectivity index (χ1v) is 14.7. The van der Waals surface area contributed by atoms with Crippen molar-refractivity contribution in [2.24, 2.45) is 0 Å². The minimum absolute atomic E-state index is 0.145. The summed E-state index contributed by atoms with van der Waals surface area (Å²) in [7, 11) is 1.26. The van der Waals surface area contributed by atoms with Crippen molar-refractivity contribution in [2.75, 3.05) is 25.2 Å². The zero-order valence-corrected chi connectivity index (χ0v) is 24.1. The smallest absolute Gasteiger partial charge is 0.337 e. The summed E-state index contributed by atoms with van der Waals surface area (Å²) in [4.78, 5) is 40.3. The Labute approximate surface area is 252 Å². The van der Waals surface area contributed by atoms with Crippen LogP contribution in [0.3, 0.4) is 0 Å². The molecule has 3 heterocycles. The van der Waals surface area contributed by atoms with E-state index in [1.165, 1.54) is 48.0 Å². The Bertz CT molecular complexity index is 1760. The first-order valence-electron chi connectivity index (χ1n) is 12.9. The van der Waals surface area contributed by atoms with Crippen molar-refractivity contribution in [1.82, 2.24) is 10.2 Å². The fraction of sp³-hybridized carbons (Fsp3) is 0.167. The van der Waals surface area contributed by atoms with Crippen LogP contribution in [0, 0.1) is 5.82 Å². The van der Waals surface area contributed by atoms with Gasteiger partial charge in [-0.25, -0.2) is 9.18 Å². The van der Waals surface area contributed by atoms with Crippen LogP contribution in [0.1, 0.15) is 33.1 Å². The number of Topliss-reactive ketones (excluding diaryl/α,β-unsaturated/α-hetero) is 1. The van der Waals surface area contributed by atoms with Gasteiger partial charge in [0.2, 0.25) is 5.13 Å². The summed E-state index contributed by atoms with van der Waals surface area (Å²) in [5, 5.41) is 20.0. The molecule has 2 aliphatic rings. The molecule has 43 heavy (non-hydrogen) atoms. The molecule has 1 N–H and O–H groups in total. The summed E-state index contributed by atoms with van der Waals surface area (Å²) >= 11 is 2.45. The summed E-state index contributed by atoms with van der Waals surface area (Å²) in [5.41, 5.74) is 1.68. The summed E-state index contributed by atoms with van der Waals surface area (Å²) < 4.78 is 29.8. The number of thioether (sulfide) groups is 1. The van der Waals surface area contributed by atoms with Crippen LogP contribution in [-0.2, 0) is 20.1 Å². The van der Waals surface area contributed by atoms with Crippen molar-refractivity contribution in [3.63, 3.8) is 0 Å². The Morgan fingerprint density at radius 2 is 1.72 bits per heavy atom. The Hall–Kier alpha value is -4.75. The van der Waals surface area contributed by atoms with Crippen LogP contribution in [0.2, 0.25) is 0 Å². The molecule has 2 aliphatic heterocycles. The number of benzene rings is 3. The Morgan fingerprint density at radius 1 is 1.02 bits per heavy atom. The molecule has 0 radical (unpaired) electrons. The second-order valence-corrected chi connectivity index (χ2v) is 11.6. The van der Waals surface area contributed by atoms with Crippen LogP contribution in [0.15, 0.2) is 76.6 Å². The highest BCUT2D eigenvalue weighted by Crippen LogP contribution is 2.45. The van der Waals surface area contributed by atoms with Crippen LogP contribution in [0.5, 0.6) is 11.5 Å². The van der Waals surface area contributed by atoms with E-state index < -0.39 is 29.5 Å². The van der Waals surface area contributed by atoms with E-state index in [-0.39, 0.29) is 27.6 Å². The SMILES string of the molecule is COC(=O)c1ccc([C@H]2/C(=C(\O)c3ccc4c(c3)OCCO4)C(=O)C(=O)N2c2nnc(SCc3ccc(F)cc3)s2)cc1. The van der Waals surface area contributed by atoms with Crippen molar-refractivity contribution in [1.29, 1.82) is 0 Å². The van der Waals surface area contributed by atoms with Gasteiger partial charge in [0.05, 0.1) is 24.3 Å². The largest absolute Gasteiger partial charge is 0.507 e. The third-order valence-corrected chi connectivity index (χ3v) is 8.91. The minimum Gasteiger partial charge on any atom is -0.507 e. The zero-order chi connectivity index (χ0) is 30.1. The molecule has 0 bridgehead atoms. The Morgan fingerprint density at radius 3 is 2.44 bits per heavy atom. The van der Waals surface area contributed by atoms with Crippen LogP contribution in [0.25, 0.3) is 5.76 Å². The number of carbonyl (C=O) groups is 3. The van der Waals surface area contributed by atoms with Gasteiger partial charge in [-0.05, 0) is 53.6 Å². The molecule has 1 fully saturated rings. The number of ether oxygens (including phenoxy) is 3. The van der Waals surface area contributed by atoms with Gasteiger partial charge in [-0.15, -0.1) is 10.2 Å². The molecule has 6 rings (SSSR count). The van der Waals surface area contributed by atoms with Crippen molar-refractivity contribution < 1.29 is 38.1 Å². The second-order valence-electron chi connectivity index (χ2n) is 9.41. The molecule has 218 valence electrons. The number of rotatable bonds is 7. The number of halogens is 1. The molecule has 0 unspecified atom stereocenters. The maximum absolute atomic E-state index is 13.5. The van der Waals surface area contributed by atoms with E-state index in [9.17, 15) is 23.9 Å². The van der Waals surface area contributed by atoms with Gasteiger partial charge in [-0.1, -0.05) is 47.4 Å². The number of nitrogens with zero attached hydrogens (tertiary/aromatic N) is 3. The average molecular weight is 620 g/mol. The number of esters is 1. The number of aromatic nitrogens is 2. The zero-order valence-electron chi connectivity index (χ0n) is 22.5. The Kier molecular flexibility index (Phi) is 7.82. The molecule has 1 amide bonds. The van der Waals surface area contributed by atoms with Crippen molar-refractivity contribution in [2.45, 2.75) is 16.1 Å². The highest BCUT2D eigenvalue weighted by molar-refractivity contribution is 8.00. The predicted octanol–water partition coefficient (Wildman–Crippen LogP) is 5.15. The molecule has 13 heteroatoms. The van der Waals surface area contributed by atoms with E-state index in [0.29, 0.717) is 40.4 Å². The van der Waals surface area contributed by atoms with Crippen molar-refractivity contribution >= 4 is 51.6 Å². The number of fused-ring (bicyclic) bond motifs is 1. The van der Waals surface area contributed by atoms with Crippen molar-refractivity contribution in [3.8, 4) is 11.5 Å². The highest BCUT2D eigenvalue weighted by atomic mass is 32.2. The number of aliphatic hydroxyl groups is 1. The third kappa shape index (κ3) is 5.56. The van der Waals surface area contributed by atoms with Crippen LogP contribution in [0.4, 0.5) is 9.52 Å². The minimum atomic E-state index is -1.08. The van der Waals surface area contributed by atoms with Gasteiger partial charge in [0.15, 0.2) is 15.8 Å². The van der Waals surface area contributed by atoms with Crippen LogP contribution >= 0.6 is 23.1 Å². The van der Waals surface area contributed by atoms with Gasteiger partial charge in [0, 0.05) is 11.3 Å². The topological polar surface area (TPSA) is 128 Å². The first kappa shape index (κ1) is 28.4. The maximum atomic E-state index is 13.5. The molecule has 3 aromatic carbocycles. The summed E-state index contributed by atoms with van der Waals surface area (Å²) in [6.45, 7) is 0.712. The molecule has 1 saturated heterocycles. The lowest BCUT2D eigenvalue weighted by Gasteiger charge is -2.23. The van der Waals surface area contributed by atoms with Gasteiger partial charge in [0.25, 0.3) is 5.78 Å². The normalized spacial score (nSPS) is 17.3.